The van der Waals surface area contributed by atoms with Crippen molar-refractivity contribution in [2.75, 3.05) is 40.9 Å². The summed E-state index contributed by atoms with van der Waals surface area (Å²) in [6, 6.07) is 8.49. The molecule has 1 heterocycles. The van der Waals surface area contributed by atoms with E-state index >= 15 is 0 Å². The van der Waals surface area contributed by atoms with E-state index in [-0.39, 0.29) is 6.04 Å². The lowest BCUT2D eigenvalue weighted by molar-refractivity contribution is 0.107. The highest BCUT2D eigenvalue weighted by atomic mass is 16.5. The van der Waals surface area contributed by atoms with Gasteiger partial charge < -0.3 is 14.8 Å². The van der Waals surface area contributed by atoms with Gasteiger partial charge >= 0.3 is 0 Å². The SMILES string of the molecule is CNC(CN1CCC(OC)C1)c1ccccc1OC. The molecule has 19 heavy (non-hydrogen) atoms. The van der Waals surface area contributed by atoms with E-state index in [0.29, 0.717) is 6.10 Å². The van der Waals surface area contributed by atoms with Crippen LogP contribution in [0.2, 0.25) is 0 Å². The number of para-hydroxylation sites is 1. The van der Waals surface area contributed by atoms with Crippen molar-refractivity contribution in [2.45, 2.75) is 18.6 Å². The van der Waals surface area contributed by atoms with Gasteiger partial charge in [-0.2, -0.15) is 0 Å². The van der Waals surface area contributed by atoms with Crippen molar-refractivity contribution >= 4 is 0 Å². The number of likely N-dealkylation sites (tertiary alicyclic amines) is 1. The van der Waals surface area contributed by atoms with Crippen molar-refractivity contribution in [1.29, 1.82) is 0 Å². The standard InChI is InChI=1S/C15H24N2O2/c1-16-14(11-17-9-8-12(10-17)18-2)13-6-4-5-7-15(13)19-3/h4-7,12,14,16H,8-11H2,1-3H3. The van der Waals surface area contributed by atoms with Crippen LogP contribution in [0.5, 0.6) is 5.75 Å². The van der Waals surface area contributed by atoms with E-state index in [1.807, 2.05) is 19.2 Å². The Morgan fingerprint density at radius 1 is 1.37 bits per heavy atom. The van der Waals surface area contributed by atoms with Gasteiger partial charge in [0.1, 0.15) is 5.75 Å². The molecule has 0 spiro atoms. The van der Waals surface area contributed by atoms with Gasteiger partial charge in [0.15, 0.2) is 0 Å². The van der Waals surface area contributed by atoms with Crippen molar-refractivity contribution in [3.8, 4) is 5.75 Å². The first-order valence-electron chi connectivity index (χ1n) is 6.83. The highest BCUT2D eigenvalue weighted by molar-refractivity contribution is 5.36. The lowest BCUT2D eigenvalue weighted by Crippen LogP contribution is -2.33. The fraction of sp³-hybridized carbons (Fsp3) is 0.600. The minimum atomic E-state index is 0.284. The summed E-state index contributed by atoms with van der Waals surface area (Å²) in [4.78, 5) is 2.45. The first-order chi connectivity index (χ1) is 9.28. The van der Waals surface area contributed by atoms with Crippen LogP contribution in [-0.2, 0) is 4.74 Å². The molecule has 1 N–H and O–H groups in total. The molecule has 0 bridgehead atoms. The van der Waals surface area contributed by atoms with Gasteiger partial charge in [0.2, 0.25) is 0 Å². The molecule has 0 saturated carbocycles. The summed E-state index contributed by atoms with van der Waals surface area (Å²) in [6.45, 7) is 3.10. The van der Waals surface area contributed by atoms with Gasteiger partial charge in [-0.15, -0.1) is 0 Å². The summed E-state index contributed by atoms with van der Waals surface area (Å²) in [5.74, 6) is 0.948. The predicted octanol–water partition coefficient (Wildman–Crippen LogP) is 1.68. The van der Waals surface area contributed by atoms with Crippen LogP contribution in [0.1, 0.15) is 18.0 Å². The Morgan fingerprint density at radius 2 is 2.16 bits per heavy atom. The van der Waals surface area contributed by atoms with Crippen LogP contribution < -0.4 is 10.1 Å². The molecule has 0 amide bonds. The van der Waals surface area contributed by atoms with Crippen LogP contribution in [0.4, 0.5) is 0 Å². The number of methoxy groups -OCH3 is 2. The number of ether oxygens (including phenoxy) is 2. The predicted molar refractivity (Wildman–Crippen MR) is 76.6 cm³/mol. The number of nitrogens with zero attached hydrogens (tertiary/aromatic N) is 1. The topological polar surface area (TPSA) is 33.7 Å². The fourth-order valence-corrected chi connectivity index (χ4v) is 2.71. The Morgan fingerprint density at radius 3 is 2.79 bits per heavy atom. The van der Waals surface area contributed by atoms with E-state index < -0.39 is 0 Å². The lowest BCUT2D eigenvalue weighted by Gasteiger charge is -2.25. The van der Waals surface area contributed by atoms with Crippen molar-refractivity contribution in [3.63, 3.8) is 0 Å². The van der Waals surface area contributed by atoms with Crippen LogP contribution >= 0.6 is 0 Å². The monoisotopic (exact) mass is 264 g/mol. The molecule has 0 aromatic heterocycles. The zero-order valence-electron chi connectivity index (χ0n) is 12.1. The molecule has 106 valence electrons. The molecular formula is C15H24N2O2. The summed E-state index contributed by atoms with van der Waals surface area (Å²) in [6.07, 6.45) is 1.51. The third kappa shape index (κ3) is 3.47. The molecule has 1 aliphatic heterocycles. The second-order valence-electron chi connectivity index (χ2n) is 4.99. The van der Waals surface area contributed by atoms with Crippen LogP contribution in [0.25, 0.3) is 0 Å². The number of hydrogen-bond acceptors (Lipinski definition) is 4. The Labute approximate surface area is 115 Å². The van der Waals surface area contributed by atoms with Gasteiger partial charge in [-0.1, -0.05) is 18.2 Å². The van der Waals surface area contributed by atoms with Gasteiger partial charge in [0, 0.05) is 38.3 Å². The maximum Gasteiger partial charge on any atom is 0.123 e. The second-order valence-corrected chi connectivity index (χ2v) is 4.99. The molecule has 0 aliphatic carbocycles. The third-order valence-corrected chi connectivity index (χ3v) is 3.87. The molecule has 1 saturated heterocycles. The minimum absolute atomic E-state index is 0.284. The molecular weight excluding hydrogens is 240 g/mol. The maximum absolute atomic E-state index is 5.45. The minimum Gasteiger partial charge on any atom is -0.496 e. The molecule has 2 unspecified atom stereocenters. The normalized spacial score (nSPS) is 21.5. The molecule has 1 aromatic carbocycles. The molecule has 2 rings (SSSR count). The van der Waals surface area contributed by atoms with E-state index in [1.165, 1.54) is 5.56 Å². The zero-order chi connectivity index (χ0) is 13.7. The van der Waals surface area contributed by atoms with E-state index in [9.17, 15) is 0 Å². The van der Waals surface area contributed by atoms with E-state index in [2.05, 4.69) is 22.3 Å². The summed E-state index contributed by atoms with van der Waals surface area (Å²) >= 11 is 0. The molecule has 4 heteroatoms. The first-order valence-corrected chi connectivity index (χ1v) is 6.83. The third-order valence-electron chi connectivity index (χ3n) is 3.87. The fourth-order valence-electron chi connectivity index (χ4n) is 2.71. The Bertz CT molecular complexity index is 397. The molecule has 0 radical (unpaired) electrons. The lowest BCUT2D eigenvalue weighted by atomic mass is 10.1. The van der Waals surface area contributed by atoms with E-state index in [4.69, 9.17) is 9.47 Å². The number of rotatable bonds is 6. The van der Waals surface area contributed by atoms with Gasteiger partial charge in [-0.25, -0.2) is 0 Å². The largest absolute Gasteiger partial charge is 0.496 e. The Balaban J connectivity index is 2.04. The highest BCUT2D eigenvalue weighted by Gasteiger charge is 2.25. The van der Waals surface area contributed by atoms with Gasteiger partial charge in [-0.05, 0) is 19.5 Å². The zero-order valence-corrected chi connectivity index (χ0v) is 12.1. The van der Waals surface area contributed by atoms with Crippen LogP contribution in [0.15, 0.2) is 24.3 Å². The Hall–Kier alpha value is -1.10. The molecule has 1 fully saturated rings. The van der Waals surface area contributed by atoms with Crippen molar-refractivity contribution in [2.24, 2.45) is 0 Å². The van der Waals surface area contributed by atoms with Crippen molar-refractivity contribution < 1.29 is 9.47 Å². The number of likely N-dealkylation sites (N-methyl/N-ethyl adjacent to an activating group) is 1. The van der Waals surface area contributed by atoms with Gasteiger partial charge in [0.25, 0.3) is 0 Å². The summed E-state index contributed by atoms with van der Waals surface area (Å²) in [7, 11) is 5.52. The highest BCUT2D eigenvalue weighted by Crippen LogP contribution is 2.26. The molecule has 4 nitrogen and oxygen atoms in total. The van der Waals surface area contributed by atoms with Crippen LogP contribution in [0.3, 0.4) is 0 Å². The van der Waals surface area contributed by atoms with Gasteiger partial charge in [0.05, 0.1) is 13.2 Å². The van der Waals surface area contributed by atoms with Crippen LogP contribution in [-0.4, -0.2) is 51.9 Å². The average molecular weight is 264 g/mol. The summed E-state index contributed by atoms with van der Waals surface area (Å²) < 4.78 is 10.9. The molecule has 2 atom stereocenters. The van der Waals surface area contributed by atoms with E-state index in [1.54, 1.807) is 14.2 Å². The maximum atomic E-state index is 5.45. The van der Waals surface area contributed by atoms with E-state index in [0.717, 1.165) is 31.8 Å². The molecule has 1 aromatic rings. The smallest absolute Gasteiger partial charge is 0.123 e. The average Bonchev–Trinajstić information content (AvgIpc) is 2.92. The van der Waals surface area contributed by atoms with Crippen molar-refractivity contribution in [3.05, 3.63) is 29.8 Å². The van der Waals surface area contributed by atoms with Crippen LogP contribution in [0, 0.1) is 0 Å². The number of hydrogen-bond donors (Lipinski definition) is 1. The molecule has 1 aliphatic rings. The summed E-state index contributed by atoms with van der Waals surface area (Å²) in [5.41, 5.74) is 1.22. The second kappa shape index (κ2) is 6.89. The quantitative estimate of drug-likeness (QED) is 0.847. The van der Waals surface area contributed by atoms with Gasteiger partial charge in [-0.3, -0.25) is 4.90 Å². The first kappa shape index (κ1) is 14.3. The Kier molecular flexibility index (Phi) is 5.19. The number of benzene rings is 1. The number of nitrogens with one attached hydrogen (secondary N) is 1. The van der Waals surface area contributed by atoms with Crippen molar-refractivity contribution in [1.82, 2.24) is 10.2 Å². The summed E-state index contributed by atoms with van der Waals surface area (Å²) in [5, 5.41) is 3.39.